The number of carboxylic acids is 1. The average Bonchev–Trinajstić information content (AvgIpc) is 3.07. The minimum Gasteiger partial charge on any atom is -0.481 e. The zero-order valence-electron chi connectivity index (χ0n) is 13.9. The van der Waals surface area contributed by atoms with Gasteiger partial charge in [-0.2, -0.15) is 0 Å². The first kappa shape index (κ1) is 16.7. The maximum atomic E-state index is 12.4. The Morgan fingerprint density at radius 3 is 2.67 bits per heavy atom. The predicted molar refractivity (Wildman–Crippen MR) is 89.7 cm³/mol. The van der Waals surface area contributed by atoms with E-state index in [4.69, 9.17) is 0 Å². The molecule has 2 heterocycles. The molecule has 1 aliphatic heterocycles. The predicted octanol–water partition coefficient (Wildman–Crippen LogP) is 2.47. The lowest BCUT2D eigenvalue weighted by molar-refractivity contribution is -0.141. The number of aliphatic carboxylic acids is 1. The summed E-state index contributed by atoms with van der Waals surface area (Å²) < 4.78 is 0. The molecule has 2 atom stereocenters. The lowest BCUT2D eigenvalue weighted by Gasteiger charge is -2.24. The molecule has 1 aromatic rings. The summed E-state index contributed by atoms with van der Waals surface area (Å²) in [6, 6.07) is 5.35. The van der Waals surface area contributed by atoms with Crippen molar-refractivity contribution in [3.8, 4) is 0 Å². The molecule has 1 aliphatic carbocycles. The van der Waals surface area contributed by atoms with E-state index >= 15 is 0 Å². The third-order valence-corrected chi connectivity index (χ3v) is 5.26. The summed E-state index contributed by atoms with van der Waals surface area (Å²) in [7, 11) is 0. The van der Waals surface area contributed by atoms with Crippen LogP contribution in [-0.2, 0) is 4.79 Å². The standard InChI is InChI=1S/C18H25N3O3/c22-17(23)15-12-21(11-14(15)16-8-4-5-9-19-16)18(24)20-10-13-6-2-1-3-7-13/h4-5,8-9,13-15H,1-3,6-7,10-12H2,(H,20,24)(H,22,23). The highest BCUT2D eigenvalue weighted by Crippen LogP contribution is 2.32. The second kappa shape index (κ2) is 7.64. The molecular formula is C18H25N3O3. The number of hydrogen-bond donors (Lipinski definition) is 2. The van der Waals surface area contributed by atoms with Gasteiger partial charge in [0, 0.05) is 37.4 Å². The fourth-order valence-corrected chi connectivity index (χ4v) is 3.85. The third-order valence-electron chi connectivity index (χ3n) is 5.26. The molecule has 2 N–H and O–H groups in total. The van der Waals surface area contributed by atoms with E-state index in [1.807, 2.05) is 18.2 Å². The Bertz CT molecular complexity index is 572. The Morgan fingerprint density at radius 2 is 2.00 bits per heavy atom. The molecule has 1 aromatic heterocycles. The lowest BCUT2D eigenvalue weighted by Crippen LogP contribution is -2.41. The van der Waals surface area contributed by atoms with Crippen LogP contribution in [0.2, 0.25) is 0 Å². The first-order valence-corrected chi connectivity index (χ1v) is 8.81. The van der Waals surface area contributed by atoms with Crippen LogP contribution in [0.1, 0.15) is 43.7 Å². The van der Waals surface area contributed by atoms with Crippen LogP contribution in [-0.4, -0.2) is 46.6 Å². The quantitative estimate of drug-likeness (QED) is 0.888. The van der Waals surface area contributed by atoms with Crippen molar-refractivity contribution < 1.29 is 14.7 Å². The first-order valence-electron chi connectivity index (χ1n) is 8.81. The number of pyridine rings is 1. The van der Waals surface area contributed by atoms with Crippen molar-refractivity contribution in [3.05, 3.63) is 30.1 Å². The fourth-order valence-electron chi connectivity index (χ4n) is 3.85. The van der Waals surface area contributed by atoms with Gasteiger partial charge in [-0.15, -0.1) is 0 Å². The molecule has 0 spiro atoms. The molecule has 2 fully saturated rings. The number of carbonyl (C=O) groups is 2. The number of rotatable bonds is 4. The van der Waals surface area contributed by atoms with Gasteiger partial charge < -0.3 is 15.3 Å². The van der Waals surface area contributed by atoms with Crippen LogP contribution in [0.5, 0.6) is 0 Å². The lowest BCUT2D eigenvalue weighted by atomic mass is 9.89. The Kier molecular flexibility index (Phi) is 5.33. The summed E-state index contributed by atoms with van der Waals surface area (Å²) in [6.45, 7) is 1.35. The second-order valence-corrected chi connectivity index (χ2v) is 6.90. The number of nitrogens with zero attached hydrogens (tertiary/aromatic N) is 2. The van der Waals surface area contributed by atoms with E-state index in [0.717, 1.165) is 5.69 Å². The topological polar surface area (TPSA) is 82.5 Å². The number of aromatic nitrogens is 1. The Morgan fingerprint density at radius 1 is 1.21 bits per heavy atom. The van der Waals surface area contributed by atoms with Crippen LogP contribution >= 0.6 is 0 Å². The Balaban J connectivity index is 1.60. The summed E-state index contributed by atoms with van der Waals surface area (Å²) in [5.41, 5.74) is 0.743. The van der Waals surface area contributed by atoms with Crippen LogP contribution in [0.4, 0.5) is 4.79 Å². The van der Waals surface area contributed by atoms with Crippen LogP contribution in [0.3, 0.4) is 0 Å². The van der Waals surface area contributed by atoms with Crippen LogP contribution in [0.15, 0.2) is 24.4 Å². The number of likely N-dealkylation sites (tertiary alicyclic amines) is 1. The summed E-state index contributed by atoms with van der Waals surface area (Å²) in [6.07, 6.45) is 7.80. The highest BCUT2D eigenvalue weighted by molar-refractivity contribution is 5.78. The molecular weight excluding hydrogens is 306 g/mol. The molecule has 6 nitrogen and oxygen atoms in total. The molecule has 130 valence electrons. The molecule has 0 aromatic carbocycles. The van der Waals surface area contributed by atoms with Crippen LogP contribution in [0.25, 0.3) is 0 Å². The van der Waals surface area contributed by atoms with E-state index in [-0.39, 0.29) is 18.5 Å². The molecule has 1 saturated carbocycles. The monoisotopic (exact) mass is 331 g/mol. The summed E-state index contributed by atoms with van der Waals surface area (Å²) >= 11 is 0. The summed E-state index contributed by atoms with van der Waals surface area (Å²) in [5, 5.41) is 12.5. The number of carboxylic acid groups (broad SMARTS) is 1. The SMILES string of the molecule is O=C(O)C1CN(C(=O)NCC2CCCCC2)CC1c1ccccn1. The number of hydrogen-bond acceptors (Lipinski definition) is 3. The van der Waals surface area contributed by atoms with E-state index in [2.05, 4.69) is 10.3 Å². The van der Waals surface area contributed by atoms with Gasteiger partial charge in [0.05, 0.1) is 5.92 Å². The molecule has 3 rings (SSSR count). The zero-order valence-corrected chi connectivity index (χ0v) is 13.9. The molecule has 0 bridgehead atoms. The normalized spacial score (nSPS) is 24.8. The minimum absolute atomic E-state index is 0.148. The highest BCUT2D eigenvalue weighted by Gasteiger charge is 2.41. The van der Waals surface area contributed by atoms with Crippen molar-refractivity contribution in [3.63, 3.8) is 0 Å². The van der Waals surface area contributed by atoms with Gasteiger partial charge >= 0.3 is 12.0 Å². The Labute approximate surface area is 142 Å². The van der Waals surface area contributed by atoms with Gasteiger partial charge in [-0.05, 0) is 30.9 Å². The smallest absolute Gasteiger partial charge is 0.317 e. The van der Waals surface area contributed by atoms with Gasteiger partial charge in [-0.1, -0.05) is 25.3 Å². The maximum Gasteiger partial charge on any atom is 0.317 e. The van der Waals surface area contributed by atoms with Crippen molar-refractivity contribution >= 4 is 12.0 Å². The fraction of sp³-hybridized carbons (Fsp3) is 0.611. The molecule has 2 unspecified atom stereocenters. The molecule has 2 amide bonds. The number of amides is 2. The van der Waals surface area contributed by atoms with Crippen molar-refractivity contribution in [2.75, 3.05) is 19.6 Å². The molecule has 6 heteroatoms. The highest BCUT2D eigenvalue weighted by atomic mass is 16.4. The van der Waals surface area contributed by atoms with Gasteiger partial charge in [0.25, 0.3) is 0 Å². The van der Waals surface area contributed by atoms with E-state index in [0.29, 0.717) is 19.0 Å². The third kappa shape index (κ3) is 3.86. The van der Waals surface area contributed by atoms with Crippen molar-refractivity contribution in [2.24, 2.45) is 11.8 Å². The maximum absolute atomic E-state index is 12.4. The van der Waals surface area contributed by atoms with E-state index in [1.165, 1.54) is 32.1 Å². The van der Waals surface area contributed by atoms with Crippen molar-refractivity contribution in [1.29, 1.82) is 0 Å². The van der Waals surface area contributed by atoms with E-state index < -0.39 is 11.9 Å². The van der Waals surface area contributed by atoms with E-state index in [9.17, 15) is 14.7 Å². The number of carbonyl (C=O) groups excluding carboxylic acids is 1. The molecule has 1 saturated heterocycles. The first-order chi connectivity index (χ1) is 11.6. The van der Waals surface area contributed by atoms with Gasteiger partial charge in [0.15, 0.2) is 0 Å². The van der Waals surface area contributed by atoms with Crippen LogP contribution in [0, 0.1) is 11.8 Å². The summed E-state index contributed by atoms with van der Waals surface area (Å²) in [4.78, 5) is 29.9. The minimum atomic E-state index is -0.867. The van der Waals surface area contributed by atoms with Gasteiger partial charge in [0.2, 0.25) is 0 Å². The molecule has 24 heavy (non-hydrogen) atoms. The average molecular weight is 331 g/mol. The second-order valence-electron chi connectivity index (χ2n) is 6.90. The molecule has 0 radical (unpaired) electrons. The van der Waals surface area contributed by atoms with Gasteiger partial charge in [-0.25, -0.2) is 4.79 Å². The van der Waals surface area contributed by atoms with Crippen molar-refractivity contribution in [2.45, 2.75) is 38.0 Å². The summed E-state index contributed by atoms with van der Waals surface area (Å²) in [5.74, 6) is -1.15. The van der Waals surface area contributed by atoms with Gasteiger partial charge in [0.1, 0.15) is 0 Å². The van der Waals surface area contributed by atoms with Crippen LogP contribution < -0.4 is 5.32 Å². The van der Waals surface area contributed by atoms with E-state index in [1.54, 1.807) is 11.1 Å². The largest absolute Gasteiger partial charge is 0.481 e. The van der Waals surface area contributed by atoms with Gasteiger partial charge in [-0.3, -0.25) is 9.78 Å². The number of urea groups is 1. The number of nitrogens with one attached hydrogen (secondary N) is 1. The molecule has 2 aliphatic rings. The van der Waals surface area contributed by atoms with Crippen molar-refractivity contribution in [1.82, 2.24) is 15.2 Å². The zero-order chi connectivity index (χ0) is 16.9. The Hall–Kier alpha value is -2.11.